The largest absolute Gasteiger partial charge is 0.342 e. The van der Waals surface area contributed by atoms with E-state index in [4.69, 9.17) is 4.98 Å². The van der Waals surface area contributed by atoms with Gasteiger partial charge in [-0.15, -0.1) is 0 Å². The molecule has 6 nitrogen and oxygen atoms in total. The van der Waals surface area contributed by atoms with Gasteiger partial charge in [0.25, 0.3) is 0 Å². The van der Waals surface area contributed by atoms with Crippen LogP contribution in [-0.4, -0.2) is 51.2 Å². The maximum Gasteiger partial charge on any atom is 0.222 e. The Bertz CT molecular complexity index is 714. The number of fused-ring (bicyclic) bond motifs is 1. The van der Waals surface area contributed by atoms with E-state index in [1.54, 1.807) is 6.92 Å². The number of rotatable bonds is 4. The molecule has 1 atom stereocenters. The van der Waals surface area contributed by atoms with Crippen LogP contribution < -0.4 is 0 Å². The summed E-state index contributed by atoms with van der Waals surface area (Å²) in [4.78, 5) is 37.4. The predicted octanol–water partition coefficient (Wildman–Crippen LogP) is 2.67. The van der Waals surface area contributed by atoms with Crippen LogP contribution >= 0.6 is 0 Å². The Morgan fingerprint density at radius 1 is 1.15 bits per heavy atom. The fourth-order valence-corrected chi connectivity index (χ4v) is 4.78. The highest BCUT2D eigenvalue weighted by atomic mass is 16.2. The molecule has 0 unspecified atom stereocenters. The van der Waals surface area contributed by atoms with Crippen molar-refractivity contribution in [3.63, 3.8) is 0 Å². The van der Waals surface area contributed by atoms with Crippen molar-refractivity contribution in [2.45, 2.75) is 70.8 Å². The first-order valence-corrected chi connectivity index (χ1v) is 10.5. The number of amides is 2. The lowest BCUT2D eigenvalue weighted by molar-refractivity contribution is -0.132. The molecule has 1 aromatic heterocycles. The minimum Gasteiger partial charge on any atom is -0.342 e. The first-order chi connectivity index (χ1) is 13.1. The molecular weight excluding hydrogens is 340 g/mol. The van der Waals surface area contributed by atoms with Crippen molar-refractivity contribution in [3.05, 3.63) is 23.3 Å². The Morgan fingerprint density at radius 3 is 2.70 bits per heavy atom. The molecule has 1 aliphatic carbocycles. The summed E-state index contributed by atoms with van der Waals surface area (Å²) in [5.41, 5.74) is 2.17. The second kappa shape index (κ2) is 7.95. The molecule has 0 aromatic carbocycles. The van der Waals surface area contributed by atoms with Crippen molar-refractivity contribution < 1.29 is 9.59 Å². The van der Waals surface area contributed by atoms with Crippen LogP contribution in [0, 0.1) is 5.92 Å². The summed E-state index contributed by atoms with van der Waals surface area (Å²) in [6.45, 7) is 4.54. The van der Waals surface area contributed by atoms with E-state index in [1.165, 1.54) is 25.7 Å². The summed E-state index contributed by atoms with van der Waals surface area (Å²) < 4.78 is 0. The van der Waals surface area contributed by atoms with Crippen molar-refractivity contribution in [2.75, 3.05) is 19.6 Å². The topological polar surface area (TPSA) is 66.4 Å². The summed E-state index contributed by atoms with van der Waals surface area (Å²) in [5, 5.41) is 0. The van der Waals surface area contributed by atoms with Crippen LogP contribution in [0.5, 0.6) is 0 Å². The van der Waals surface area contributed by atoms with Crippen molar-refractivity contribution in [1.82, 2.24) is 19.8 Å². The summed E-state index contributed by atoms with van der Waals surface area (Å²) in [7, 11) is 0. The van der Waals surface area contributed by atoms with E-state index in [2.05, 4.69) is 4.98 Å². The van der Waals surface area contributed by atoms with Crippen molar-refractivity contribution in [3.8, 4) is 0 Å². The average molecular weight is 370 g/mol. The Labute approximate surface area is 161 Å². The maximum absolute atomic E-state index is 12.6. The molecule has 0 N–H and O–H groups in total. The summed E-state index contributed by atoms with van der Waals surface area (Å²) >= 11 is 0. The van der Waals surface area contributed by atoms with E-state index >= 15 is 0 Å². The summed E-state index contributed by atoms with van der Waals surface area (Å²) in [6, 6.07) is 0. The average Bonchev–Trinajstić information content (AvgIpc) is 3.37. The Morgan fingerprint density at radius 2 is 1.96 bits per heavy atom. The van der Waals surface area contributed by atoms with Gasteiger partial charge in [-0.2, -0.15) is 0 Å². The van der Waals surface area contributed by atoms with Crippen LogP contribution in [0.3, 0.4) is 0 Å². The lowest BCUT2D eigenvalue weighted by atomic mass is 10.0. The molecule has 4 rings (SSSR count). The highest BCUT2D eigenvalue weighted by Crippen LogP contribution is 2.30. The minimum absolute atomic E-state index is 0.127. The Balaban J connectivity index is 1.35. The highest BCUT2D eigenvalue weighted by Gasteiger charge is 2.29. The maximum atomic E-state index is 12.6. The first-order valence-electron chi connectivity index (χ1n) is 10.5. The van der Waals surface area contributed by atoms with Crippen molar-refractivity contribution >= 4 is 11.8 Å². The van der Waals surface area contributed by atoms with Crippen molar-refractivity contribution in [2.24, 2.45) is 5.92 Å². The quantitative estimate of drug-likeness (QED) is 0.817. The molecule has 6 heteroatoms. The van der Waals surface area contributed by atoms with E-state index in [-0.39, 0.29) is 17.7 Å². The molecule has 0 spiro atoms. The molecule has 146 valence electrons. The zero-order valence-corrected chi connectivity index (χ0v) is 16.3. The third-order valence-corrected chi connectivity index (χ3v) is 6.55. The number of carbonyl (C=O) groups excluding carboxylic acids is 2. The molecule has 2 amide bonds. The number of likely N-dealkylation sites (tertiary alicyclic amines) is 1. The molecule has 0 radical (unpaired) electrons. The molecule has 0 bridgehead atoms. The fraction of sp³-hybridized carbons (Fsp3) is 0.714. The van der Waals surface area contributed by atoms with Crippen molar-refractivity contribution in [1.29, 1.82) is 0 Å². The standard InChI is InChI=1S/C21H30N4O2/c1-15(26)24-10-8-17(13-24)21-22-12-18-14-25(11-9-19(18)23-21)20(27)7-6-16-4-2-3-5-16/h12,16-17H,2-11,13-14H2,1H3/t17-/m0/s1. The monoisotopic (exact) mass is 370 g/mol. The van der Waals surface area contributed by atoms with Gasteiger partial charge in [0.15, 0.2) is 0 Å². The SMILES string of the molecule is CC(=O)N1CC[C@H](c2ncc3c(n2)CCN(C(=O)CCC2CCCC2)C3)C1. The van der Waals surface area contributed by atoms with Gasteiger partial charge in [-0.05, 0) is 18.8 Å². The van der Waals surface area contributed by atoms with Gasteiger partial charge in [-0.3, -0.25) is 9.59 Å². The van der Waals surface area contributed by atoms with Gasteiger partial charge in [0, 0.05) is 63.6 Å². The van der Waals surface area contributed by atoms with Crippen LogP contribution in [0.2, 0.25) is 0 Å². The Hall–Kier alpha value is -1.98. The zero-order chi connectivity index (χ0) is 18.8. The van der Waals surface area contributed by atoms with E-state index in [1.807, 2.05) is 16.0 Å². The molecular formula is C21H30N4O2. The first kappa shape index (κ1) is 18.4. The third kappa shape index (κ3) is 4.14. The van der Waals surface area contributed by atoms with Gasteiger partial charge < -0.3 is 9.80 Å². The number of aromatic nitrogens is 2. The predicted molar refractivity (Wildman–Crippen MR) is 102 cm³/mol. The second-order valence-corrected chi connectivity index (χ2v) is 8.41. The van der Waals surface area contributed by atoms with Gasteiger partial charge >= 0.3 is 0 Å². The smallest absolute Gasteiger partial charge is 0.222 e. The van der Waals surface area contributed by atoms with Gasteiger partial charge in [-0.1, -0.05) is 25.7 Å². The molecule has 2 fully saturated rings. The number of carbonyl (C=O) groups is 2. The minimum atomic E-state index is 0.127. The lowest BCUT2D eigenvalue weighted by Gasteiger charge is -2.29. The summed E-state index contributed by atoms with van der Waals surface area (Å²) in [5.74, 6) is 2.27. The normalized spacial score (nSPS) is 22.9. The molecule has 1 saturated heterocycles. The molecule has 3 aliphatic rings. The number of hydrogen-bond donors (Lipinski definition) is 0. The van der Waals surface area contributed by atoms with E-state index in [0.29, 0.717) is 13.0 Å². The number of hydrogen-bond acceptors (Lipinski definition) is 4. The van der Waals surface area contributed by atoms with Crippen LogP contribution in [0.15, 0.2) is 6.20 Å². The van der Waals surface area contributed by atoms with E-state index in [9.17, 15) is 9.59 Å². The van der Waals surface area contributed by atoms with Crippen LogP contribution in [0.1, 0.15) is 74.9 Å². The lowest BCUT2D eigenvalue weighted by Crippen LogP contribution is -2.36. The van der Waals surface area contributed by atoms with Gasteiger partial charge in [0.2, 0.25) is 11.8 Å². The molecule has 3 heterocycles. The van der Waals surface area contributed by atoms with E-state index < -0.39 is 0 Å². The van der Waals surface area contributed by atoms with Gasteiger partial charge in [0.05, 0.1) is 5.69 Å². The molecule has 2 aliphatic heterocycles. The Kier molecular flexibility index (Phi) is 5.41. The summed E-state index contributed by atoms with van der Waals surface area (Å²) in [6.07, 6.45) is 10.6. The van der Waals surface area contributed by atoms with Crippen LogP contribution in [-0.2, 0) is 22.6 Å². The molecule has 27 heavy (non-hydrogen) atoms. The zero-order valence-electron chi connectivity index (χ0n) is 16.3. The van der Waals surface area contributed by atoms with Crippen LogP contribution in [0.4, 0.5) is 0 Å². The number of nitrogens with zero attached hydrogens (tertiary/aromatic N) is 4. The molecule has 1 aromatic rings. The van der Waals surface area contributed by atoms with Gasteiger partial charge in [-0.25, -0.2) is 9.97 Å². The highest BCUT2D eigenvalue weighted by molar-refractivity contribution is 5.76. The third-order valence-electron chi connectivity index (χ3n) is 6.55. The molecule has 1 saturated carbocycles. The van der Waals surface area contributed by atoms with Gasteiger partial charge in [0.1, 0.15) is 5.82 Å². The second-order valence-electron chi connectivity index (χ2n) is 8.41. The fourth-order valence-electron chi connectivity index (χ4n) is 4.78. The van der Waals surface area contributed by atoms with Crippen LogP contribution in [0.25, 0.3) is 0 Å². The van der Waals surface area contributed by atoms with E-state index in [0.717, 1.165) is 61.9 Å².